The van der Waals surface area contributed by atoms with Gasteiger partial charge in [0.2, 0.25) is 0 Å². The molecule has 1 aliphatic rings. The highest BCUT2D eigenvalue weighted by Crippen LogP contribution is 2.31. The summed E-state index contributed by atoms with van der Waals surface area (Å²) in [4.78, 5) is 4.66. The SMILES string of the molecule is CCCN(CCN(C)C)Cc1cc(N)cc2c1OCOC2. The van der Waals surface area contributed by atoms with Gasteiger partial charge in [0.05, 0.1) is 6.61 Å². The van der Waals surface area contributed by atoms with Crippen molar-refractivity contribution in [2.24, 2.45) is 0 Å². The predicted molar refractivity (Wildman–Crippen MR) is 85.3 cm³/mol. The fourth-order valence-electron chi connectivity index (χ4n) is 2.61. The first-order chi connectivity index (χ1) is 10.1. The van der Waals surface area contributed by atoms with Crippen molar-refractivity contribution in [1.82, 2.24) is 9.80 Å². The number of ether oxygens (including phenoxy) is 2. The van der Waals surface area contributed by atoms with Crippen molar-refractivity contribution in [3.63, 3.8) is 0 Å². The Balaban J connectivity index is 2.13. The van der Waals surface area contributed by atoms with Crippen LogP contribution in [0.3, 0.4) is 0 Å². The second kappa shape index (κ2) is 7.64. The molecule has 0 aliphatic carbocycles. The van der Waals surface area contributed by atoms with Gasteiger partial charge in [0, 0.05) is 36.4 Å². The lowest BCUT2D eigenvalue weighted by Crippen LogP contribution is -2.32. The van der Waals surface area contributed by atoms with Gasteiger partial charge < -0.3 is 20.1 Å². The summed E-state index contributed by atoms with van der Waals surface area (Å²) < 4.78 is 11.0. The molecule has 5 nitrogen and oxygen atoms in total. The maximum absolute atomic E-state index is 6.02. The number of nitrogens with two attached hydrogens (primary N) is 1. The Bertz CT molecular complexity index is 463. The third-order valence-corrected chi connectivity index (χ3v) is 3.61. The second-order valence-corrected chi connectivity index (χ2v) is 5.86. The lowest BCUT2D eigenvalue weighted by Gasteiger charge is -2.27. The van der Waals surface area contributed by atoms with E-state index in [4.69, 9.17) is 15.2 Å². The van der Waals surface area contributed by atoms with Crippen LogP contribution in [0, 0.1) is 0 Å². The van der Waals surface area contributed by atoms with Gasteiger partial charge in [-0.3, -0.25) is 4.90 Å². The van der Waals surface area contributed by atoms with E-state index >= 15 is 0 Å². The van der Waals surface area contributed by atoms with E-state index in [9.17, 15) is 0 Å². The van der Waals surface area contributed by atoms with Crippen LogP contribution in [-0.4, -0.2) is 50.3 Å². The van der Waals surface area contributed by atoms with Gasteiger partial charge in [-0.05, 0) is 39.2 Å². The fourth-order valence-corrected chi connectivity index (χ4v) is 2.61. The number of nitrogens with zero attached hydrogens (tertiary/aromatic N) is 2. The Labute approximate surface area is 127 Å². The molecule has 0 saturated carbocycles. The van der Waals surface area contributed by atoms with Crippen LogP contribution >= 0.6 is 0 Å². The van der Waals surface area contributed by atoms with Gasteiger partial charge in [-0.1, -0.05) is 6.92 Å². The number of anilines is 1. The lowest BCUT2D eigenvalue weighted by molar-refractivity contribution is -0.0174. The highest BCUT2D eigenvalue weighted by molar-refractivity contribution is 5.53. The molecule has 0 bridgehead atoms. The summed E-state index contributed by atoms with van der Waals surface area (Å²) >= 11 is 0. The minimum absolute atomic E-state index is 0.329. The van der Waals surface area contributed by atoms with Crippen molar-refractivity contribution in [3.05, 3.63) is 23.3 Å². The van der Waals surface area contributed by atoms with Crippen LogP contribution in [-0.2, 0) is 17.9 Å². The maximum atomic E-state index is 6.02. The first-order valence-corrected chi connectivity index (χ1v) is 7.59. The molecular weight excluding hydrogens is 266 g/mol. The first-order valence-electron chi connectivity index (χ1n) is 7.59. The van der Waals surface area contributed by atoms with Crippen molar-refractivity contribution in [3.8, 4) is 5.75 Å². The molecule has 1 aromatic rings. The van der Waals surface area contributed by atoms with Crippen molar-refractivity contribution < 1.29 is 9.47 Å². The molecular formula is C16H27N3O2. The summed E-state index contributed by atoms with van der Waals surface area (Å²) in [7, 11) is 4.21. The molecule has 1 aliphatic heterocycles. The molecule has 1 aromatic carbocycles. The molecule has 5 heteroatoms. The van der Waals surface area contributed by atoms with E-state index in [1.807, 2.05) is 12.1 Å². The number of rotatable bonds is 7. The average molecular weight is 293 g/mol. The maximum Gasteiger partial charge on any atom is 0.189 e. The Kier molecular flexibility index (Phi) is 5.85. The number of fused-ring (bicyclic) bond motifs is 1. The van der Waals surface area contributed by atoms with Crippen LogP contribution in [0.25, 0.3) is 0 Å². The lowest BCUT2D eigenvalue weighted by atomic mass is 10.1. The highest BCUT2D eigenvalue weighted by Gasteiger charge is 2.18. The standard InChI is InChI=1S/C16H27N3O2/c1-4-5-19(7-6-18(2)3)10-13-8-15(17)9-14-11-20-12-21-16(13)14/h8-9H,4-7,10-12,17H2,1-3H3. The number of nitrogen functional groups attached to an aromatic ring is 1. The molecule has 0 fully saturated rings. The van der Waals surface area contributed by atoms with Crippen LogP contribution in [0.1, 0.15) is 24.5 Å². The summed E-state index contributed by atoms with van der Waals surface area (Å²) in [5, 5.41) is 0. The van der Waals surface area contributed by atoms with Gasteiger partial charge in [-0.15, -0.1) is 0 Å². The zero-order valence-electron chi connectivity index (χ0n) is 13.4. The van der Waals surface area contributed by atoms with E-state index in [1.165, 1.54) is 5.56 Å². The quantitative estimate of drug-likeness (QED) is 0.778. The average Bonchev–Trinajstić information content (AvgIpc) is 2.44. The third kappa shape index (κ3) is 4.59. The van der Waals surface area contributed by atoms with E-state index in [-0.39, 0.29) is 0 Å². The number of hydrogen-bond acceptors (Lipinski definition) is 5. The number of benzene rings is 1. The van der Waals surface area contributed by atoms with Gasteiger partial charge in [0.25, 0.3) is 0 Å². The van der Waals surface area contributed by atoms with Crippen molar-refractivity contribution in [2.75, 3.05) is 46.3 Å². The molecule has 118 valence electrons. The van der Waals surface area contributed by atoms with Gasteiger partial charge in [-0.2, -0.15) is 0 Å². The van der Waals surface area contributed by atoms with Crippen molar-refractivity contribution in [2.45, 2.75) is 26.5 Å². The topological polar surface area (TPSA) is 51.0 Å². The number of hydrogen-bond donors (Lipinski definition) is 1. The summed E-state index contributed by atoms with van der Waals surface area (Å²) in [6, 6.07) is 3.98. The second-order valence-electron chi connectivity index (χ2n) is 5.86. The van der Waals surface area contributed by atoms with E-state index in [1.54, 1.807) is 0 Å². The van der Waals surface area contributed by atoms with Crippen LogP contribution in [0.4, 0.5) is 5.69 Å². The Morgan fingerprint density at radius 2 is 2.00 bits per heavy atom. The van der Waals surface area contributed by atoms with Crippen LogP contribution in [0.5, 0.6) is 5.75 Å². The molecule has 0 atom stereocenters. The molecule has 0 aromatic heterocycles. The molecule has 2 N–H and O–H groups in total. The van der Waals surface area contributed by atoms with Crippen LogP contribution < -0.4 is 10.5 Å². The van der Waals surface area contributed by atoms with Crippen molar-refractivity contribution >= 4 is 5.69 Å². The molecule has 0 unspecified atom stereocenters. The number of likely N-dealkylation sites (N-methyl/N-ethyl adjacent to an activating group) is 1. The van der Waals surface area contributed by atoms with Crippen molar-refractivity contribution in [1.29, 1.82) is 0 Å². The van der Waals surface area contributed by atoms with Gasteiger partial charge in [0.15, 0.2) is 6.79 Å². The van der Waals surface area contributed by atoms with Gasteiger partial charge >= 0.3 is 0 Å². The Morgan fingerprint density at radius 1 is 1.19 bits per heavy atom. The predicted octanol–water partition coefficient (Wildman–Crippen LogP) is 1.91. The molecule has 0 radical (unpaired) electrons. The van der Waals surface area contributed by atoms with E-state index in [0.29, 0.717) is 13.4 Å². The zero-order valence-corrected chi connectivity index (χ0v) is 13.4. The zero-order chi connectivity index (χ0) is 15.2. The summed E-state index contributed by atoms with van der Waals surface area (Å²) in [5.74, 6) is 0.960. The summed E-state index contributed by atoms with van der Waals surface area (Å²) in [5.41, 5.74) is 9.02. The first kappa shape index (κ1) is 16.1. The third-order valence-electron chi connectivity index (χ3n) is 3.61. The molecule has 0 saturated heterocycles. The van der Waals surface area contributed by atoms with Crippen LogP contribution in [0.2, 0.25) is 0 Å². The van der Waals surface area contributed by atoms with E-state index in [0.717, 1.165) is 49.6 Å². The van der Waals surface area contributed by atoms with E-state index in [2.05, 4.69) is 30.8 Å². The minimum atomic E-state index is 0.329. The highest BCUT2D eigenvalue weighted by atomic mass is 16.7. The van der Waals surface area contributed by atoms with Gasteiger partial charge in [0.1, 0.15) is 5.75 Å². The van der Waals surface area contributed by atoms with Crippen LogP contribution in [0.15, 0.2) is 12.1 Å². The minimum Gasteiger partial charge on any atom is -0.467 e. The van der Waals surface area contributed by atoms with E-state index < -0.39 is 0 Å². The normalized spacial score (nSPS) is 14.3. The van der Waals surface area contributed by atoms with Gasteiger partial charge in [-0.25, -0.2) is 0 Å². The molecule has 0 spiro atoms. The Hall–Kier alpha value is -1.30. The molecule has 2 rings (SSSR count). The summed E-state index contributed by atoms with van der Waals surface area (Å²) in [6.45, 7) is 7.16. The molecule has 21 heavy (non-hydrogen) atoms. The molecule has 1 heterocycles. The monoisotopic (exact) mass is 293 g/mol. The Morgan fingerprint density at radius 3 is 2.71 bits per heavy atom. The largest absolute Gasteiger partial charge is 0.467 e. The molecule has 0 amide bonds. The smallest absolute Gasteiger partial charge is 0.189 e. The summed E-state index contributed by atoms with van der Waals surface area (Å²) in [6.07, 6.45) is 1.14. The fraction of sp³-hybridized carbons (Fsp3) is 0.625.